The Morgan fingerprint density at radius 1 is 1.15 bits per heavy atom. The molecule has 0 aliphatic carbocycles. The number of hydrogen-bond acceptors (Lipinski definition) is 3. The van der Waals surface area contributed by atoms with Crippen molar-refractivity contribution < 1.29 is 13.2 Å². The number of alkyl halides is 3. The first-order chi connectivity index (χ1) is 9.41. The van der Waals surface area contributed by atoms with Crippen molar-refractivity contribution in [2.24, 2.45) is 0 Å². The highest BCUT2D eigenvalue weighted by Crippen LogP contribution is 2.33. The van der Waals surface area contributed by atoms with Crippen LogP contribution in [0.5, 0.6) is 0 Å². The molecule has 0 aromatic heterocycles. The van der Waals surface area contributed by atoms with E-state index < -0.39 is 11.7 Å². The van der Waals surface area contributed by atoms with Crippen LogP contribution in [0.4, 0.5) is 18.9 Å². The zero-order valence-corrected chi connectivity index (χ0v) is 11.2. The molecular weight excluding hydrogens is 267 g/mol. The average molecular weight is 283 g/mol. The summed E-state index contributed by atoms with van der Waals surface area (Å²) in [5.74, 6) is 0. The van der Waals surface area contributed by atoms with Crippen LogP contribution in [0.2, 0.25) is 0 Å². The van der Waals surface area contributed by atoms with E-state index in [9.17, 15) is 13.2 Å². The van der Waals surface area contributed by atoms with Gasteiger partial charge in [0, 0.05) is 25.3 Å². The molecule has 1 aliphatic rings. The highest BCUT2D eigenvalue weighted by atomic mass is 19.4. The molecule has 6 heteroatoms. The van der Waals surface area contributed by atoms with Crippen molar-refractivity contribution >= 4 is 5.69 Å². The van der Waals surface area contributed by atoms with Crippen LogP contribution < -0.4 is 4.90 Å². The predicted octanol–water partition coefficient (Wildman–Crippen LogP) is 2.72. The van der Waals surface area contributed by atoms with E-state index in [1.807, 2.05) is 11.9 Å². The third-order valence-corrected chi connectivity index (χ3v) is 3.51. The quantitative estimate of drug-likeness (QED) is 0.794. The van der Waals surface area contributed by atoms with Crippen molar-refractivity contribution in [3.8, 4) is 6.07 Å². The molecule has 20 heavy (non-hydrogen) atoms. The molecule has 0 atom stereocenters. The average Bonchev–Trinajstić information content (AvgIpc) is 2.62. The van der Waals surface area contributed by atoms with Crippen molar-refractivity contribution in [1.29, 1.82) is 5.26 Å². The minimum Gasteiger partial charge on any atom is -0.370 e. The topological polar surface area (TPSA) is 30.3 Å². The largest absolute Gasteiger partial charge is 0.417 e. The number of hydrogen-bond donors (Lipinski definition) is 0. The number of likely N-dealkylation sites (N-methyl/N-ethyl adjacent to an activating group) is 1. The summed E-state index contributed by atoms with van der Waals surface area (Å²) in [5.41, 5.74) is -0.492. The molecule has 1 fully saturated rings. The monoisotopic (exact) mass is 283 g/mol. The minimum atomic E-state index is -4.48. The summed E-state index contributed by atoms with van der Waals surface area (Å²) < 4.78 is 38.3. The standard InChI is InChI=1S/C14H16F3N3/c1-19-5-2-6-20(8-7-19)12-3-4-13(14(15,16)17)11(9-12)10-18/h3-4,9H,2,5-8H2,1H3. The molecule has 0 saturated carbocycles. The fourth-order valence-electron chi connectivity index (χ4n) is 2.37. The molecule has 1 saturated heterocycles. The van der Waals surface area contributed by atoms with Gasteiger partial charge in [-0.2, -0.15) is 18.4 Å². The van der Waals surface area contributed by atoms with Gasteiger partial charge in [-0.3, -0.25) is 0 Å². The van der Waals surface area contributed by atoms with Crippen LogP contribution in [0.3, 0.4) is 0 Å². The van der Waals surface area contributed by atoms with E-state index in [2.05, 4.69) is 4.90 Å². The van der Waals surface area contributed by atoms with Crippen LogP contribution in [-0.4, -0.2) is 38.1 Å². The molecule has 0 radical (unpaired) electrons. The molecule has 1 aliphatic heterocycles. The second kappa shape index (κ2) is 5.71. The Bertz CT molecular complexity index is 519. The lowest BCUT2D eigenvalue weighted by molar-refractivity contribution is -0.137. The van der Waals surface area contributed by atoms with Crippen LogP contribution >= 0.6 is 0 Å². The zero-order valence-electron chi connectivity index (χ0n) is 11.2. The lowest BCUT2D eigenvalue weighted by Crippen LogP contribution is -2.28. The molecule has 1 aromatic rings. The Morgan fingerprint density at radius 3 is 2.55 bits per heavy atom. The molecular formula is C14H16F3N3. The Hall–Kier alpha value is -1.74. The third-order valence-electron chi connectivity index (χ3n) is 3.51. The first kappa shape index (κ1) is 14.7. The SMILES string of the molecule is CN1CCCN(c2ccc(C(F)(F)F)c(C#N)c2)CC1. The van der Waals surface area contributed by atoms with E-state index in [1.54, 1.807) is 6.07 Å². The van der Waals surface area contributed by atoms with Crippen LogP contribution in [-0.2, 0) is 6.18 Å². The summed E-state index contributed by atoms with van der Waals surface area (Å²) in [6.07, 6.45) is -3.53. The van der Waals surface area contributed by atoms with Crippen LogP contribution in [0, 0.1) is 11.3 Å². The van der Waals surface area contributed by atoms with Gasteiger partial charge in [0.2, 0.25) is 0 Å². The lowest BCUT2D eigenvalue weighted by Gasteiger charge is -2.23. The first-order valence-electron chi connectivity index (χ1n) is 6.46. The number of nitriles is 1. The van der Waals surface area contributed by atoms with Crippen molar-refractivity contribution in [3.05, 3.63) is 29.3 Å². The molecule has 1 aromatic carbocycles. The zero-order chi connectivity index (χ0) is 14.8. The van der Waals surface area contributed by atoms with Gasteiger partial charge in [0.25, 0.3) is 0 Å². The number of halogens is 3. The van der Waals surface area contributed by atoms with E-state index in [0.29, 0.717) is 5.69 Å². The lowest BCUT2D eigenvalue weighted by atomic mass is 10.1. The Morgan fingerprint density at radius 2 is 1.90 bits per heavy atom. The summed E-state index contributed by atoms with van der Waals surface area (Å²) in [4.78, 5) is 4.22. The van der Waals surface area contributed by atoms with Gasteiger partial charge < -0.3 is 9.80 Å². The molecule has 108 valence electrons. The first-order valence-corrected chi connectivity index (χ1v) is 6.46. The van der Waals surface area contributed by atoms with Crippen molar-refractivity contribution in [2.75, 3.05) is 38.1 Å². The van der Waals surface area contributed by atoms with Gasteiger partial charge in [-0.1, -0.05) is 0 Å². The number of nitrogens with zero attached hydrogens (tertiary/aromatic N) is 3. The fourth-order valence-corrected chi connectivity index (χ4v) is 2.37. The van der Waals surface area contributed by atoms with Crippen molar-refractivity contribution in [1.82, 2.24) is 4.90 Å². The van der Waals surface area contributed by atoms with Crippen molar-refractivity contribution in [3.63, 3.8) is 0 Å². The number of rotatable bonds is 1. The van der Waals surface area contributed by atoms with Crippen LogP contribution in [0.1, 0.15) is 17.5 Å². The maximum Gasteiger partial charge on any atom is 0.417 e. The normalized spacial score (nSPS) is 17.6. The van der Waals surface area contributed by atoms with E-state index in [1.165, 1.54) is 12.1 Å². The summed E-state index contributed by atoms with van der Waals surface area (Å²) >= 11 is 0. The van der Waals surface area contributed by atoms with Gasteiger partial charge in [-0.05, 0) is 38.2 Å². The van der Waals surface area contributed by atoms with E-state index in [4.69, 9.17) is 5.26 Å². The van der Waals surface area contributed by atoms with E-state index >= 15 is 0 Å². The molecule has 0 unspecified atom stereocenters. The van der Waals surface area contributed by atoms with Gasteiger partial charge in [-0.25, -0.2) is 0 Å². The highest BCUT2D eigenvalue weighted by molar-refractivity contribution is 5.55. The summed E-state index contributed by atoms with van der Waals surface area (Å²) in [6.45, 7) is 3.39. The second-order valence-electron chi connectivity index (χ2n) is 4.98. The maximum absolute atomic E-state index is 12.8. The number of benzene rings is 1. The molecule has 2 rings (SSSR count). The van der Waals surface area contributed by atoms with Crippen LogP contribution in [0.15, 0.2) is 18.2 Å². The minimum absolute atomic E-state index is 0.312. The number of anilines is 1. The van der Waals surface area contributed by atoms with Gasteiger partial charge in [0.1, 0.15) is 0 Å². The maximum atomic E-state index is 12.8. The molecule has 0 N–H and O–H groups in total. The highest BCUT2D eigenvalue weighted by Gasteiger charge is 2.33. The van der Waals surface area contributed by atoms with Crippen LogP contribution in [0.25, 0.3) is 0 Å². The predicted molar refractivity (Wildman–Crippen MR) is 70.5 cm³/mol. The third kappa shape index (κ3) is 3.23. The van der Waals surface area contributed by atoms with Gasteiger partial charge >= 0.3 is 6.18 Å². The van der Waals surface area contributed by atoms with Crippen molar-refractivity contribution in [2.45, 2.75) is 12.6 Å². The molecule has 3 nitrogen and oxygen atoms in total. The molecule has 0 bridgehead atoms. The van der Waals surface area contributed by atoms with E-state index in [0.717, 1.165) is 38.7 Å². The molecule has 0 spiro atoms. The summed E-state index contributed by atoms with van der Waals surface area (Å²) in [7, 11) is 2.02. The smallest absolute Gasteiger partial charge is 0.370 e. The Kier molecular flexibility index (Phi) is 4.19. The fraction of sp³-hybridized carbons (Fsp3) is 0.500. The second-order valence-corrected chi connectivity index (χ2v) is 4.98. The van der Waals surface area contributed by atoms with Gasteiger partial charge in [0.05, 0.1) is 17.2 Å². The van der Waals surface area contributed by atoms with Gasteiger partial charge in [-0.15, -0.1) is 0 Å². The van der Waals surface area contributed by atoms with Gasteiger partial charge in [0.15, 0.2) is 0 Å². The molecule has 1 heterocycles. The summed E-state index contributed by atoms with van der Waals surface area (Å²) in [6, 6.07) is 5.45. The molecule has 0 amide bonds. The summed E-state index contributed by atoms with van der Waals surface area (Å²) in [5, 5.41) is 8.93. The Balaban J connectivity index is 2.28. The Labute approximate surface area is 116 Å². The van der Waals surface area contributed by atoms with E-state index in [-0.39, 0.29) is 5.56 Å².